The number of hydrogen-bond donors (Lipinski definition) is 3. The van der Waals surface area contributed by atoms with Gasteiger partial charge in [0.15, 0.2) is 0 Å². The molecule has 3 N–H and O–H groups in total. The van der Waals surface area contributed by atoms with E-state index in [9.17, 15) is 9.59 Å². The lowest BCUT2D eigenvalue weighted by Crippen LogP contribution is -2.31. The second kappa shape index (κ2) is 11.1. The average Bonchev–Trinajstić information content (AvgIpc) is 2.70. The predicted octanol–water partition coefficient (Wildman–Crippen LogP) is 3.90. The van der Waals surface area contributed by atoms with Crippen LogP contribution in [0.4, 0.5) is 5.69 Å². The molecule has 2 amide bonds. The van der Waals surface area contributed by atoms with Gasteiger partial charge in [-0.25, -0.2) is 0 Å². The van der Waals surface area contributed by atoms with Crippen LogP contribution >= 0.6 is 0 Å². The number of rotatable bonds is 10. The van der Waals surface area contributed by atoms with E-state index in [1.54, 1.807) is 24.3 Å². The number of benzene rings is 2. The van der Waals surface area contributed by atoms with E-state index in [1.807, 2.05) is 18.2 Å². The Balaban J connectivity index is 1.82. The van der Waals surface area contributed by atoms with Crippen LogP contribution in [0, 0.1) is 0 Å². The van der Waals surface area contributed by atoms with Crippen molar-refractivity contribution >= 4 is 17.5 Å². The number of carbonyl (C=O) groups excluding carboxylic acids is 2. The molecule has 2 rings (SSSR count). The molecule has 0 aliphatic carbocycles. The fourth-order valence-corrected chi connectivity index (χ4v) is 2.79. The lowest BCUT2D eigenvalue weighted by Gasteiger charge is -2.17. The van der Waals surface area contributed by atoms with E-state index in [4.69, 9.17) is 0 Å². The summed E-state index contributed by atoms with van der Waals surface area (Å²) >= 11 is 0. The van der Waals surface area contributed by atoms with Crippen LogP contribution in [0.1, 0.15) is 55.1 Å². The summed E-state index contributed by atoms with van der Waals surface area (Å²) in [7, 11) is 0. The first-order valence-corrected chi connectivity index (χ1v) is 9.60. The van der Waals surface area contributed by atoms with Crippen LogP contribution in [0.5, 0.6) is 0 Å². The summed E-state index contributed by atoms with van der Waals surface area (Å²) in [6.07, 6.45) is 2.91. The standard InChI is InChI=1S/C22H29N3O2/c1-3-5-15-23-22(27)18-11-13-19(14-12-18)25-21(26)16-24-20(4-2)17-9-7-6-8-10-17/h6-14,20,24H,3-5,15-16H2,1-2H3,(H,23,27)(H,25,26). The zero-order chi connectivity index (χ0) is 19.5. The number of unbranched alkanes of at least 4 members (excludes halogenated alkanes) is 1. The molecule has 0 bridgehead atoms. The first-order chi connectivity index (χ1) is 13.1. The van der Waals surface area contributed by atoms with Crippen LogP contribution < -0.4 is 16.0 Å². The molecule has 1 atom stereocenters. The van der Waals surface area contributed by atoms with Crippen molar-refractivity contribution in [2.45, 2.75) is 39.2 Å². The van der Waals surface area contributed by atoms with Crippen LogP contribution in [0.25, 0.3) is 0 Å². The van der Waals surface area contributed by atoms with Crippen molar-refractivity contribution in [3.63, 3.8) is 0 Å². The van der Waals surface area contributed by atoms with Gasteiger partial charge in [0, 0.05) is 23.8 Å². The SMILES string of the molecule is CCCCNC(=O)c1ccc(NC(=O)CNC(CC)c2ccccc2)cc1. The maximum atomic E-state index is 12.2. The van der Waals surface area contributed by atoms with Gasteiger partial charge in [0.05, 0.1) is 6.54 Å². The van der Waals surface area contributed by atoms with Gasteiger partial charge in [-0.2, -0.15) is 0 Å². The van der Waals surface area contributed by atoms with Gasteiger partial charge in [-0.05, 0) is 42.7 Å². The van der Waals surface area contributed by atoms with Crippen molar-refractivity contribution in [1.29, 1.82) is 0 Å². The zero-order valence-corrected chi connectivity index (χ0v) is 16.1. The van der Waals surface area contributed by atoms with Crippen molar-refractivity contribution in [3.8, 4) is 0 Å². The summed E-state index contributed by atoms with van der Waals surface area (Å²) in [5, 5.41) is 9.02. The van der Waals surface area contributed by atoms with Gasteiger partial charge in [-0.15, -0.1) is 0 Å². The van der Waals surface area contributed by atoms with Crippen molar-refractivity contribution in [2.24, 2.45) is 0 Å². The van der Waals surface area contributed by atoms with Crippen molar-refractivity contribution < 1.29 is 9.59 Å². The normalized spacial score (nSPS) is 11.6. The first kappa shape index (κ1) is 20.6. The van der Waals surface area contributed by atoms with Gasteiger partial charge in [0.25, 0.3) is 5.91 Å². The topological polar surface area (TPSA) is 70.2 Å². The second-order valence-electron chi connectivity index (χ2n) is 6.49. The molecule has 0 saturated heterocycles. The lowest BCUT2D eigenvalue weighted by molar-refractivity contribution is -0.115. The Kier molecular flexibility index (Phi) is 8.52. The summed E-state index contributed by atoms with van der Waals surface area (Å²) in [4.78, 5) is 24.2. The largest absolute Gasteiger partial charge is 0.352 e. The molecule has 0 aliphatic rings. The first-order valence-electron chi connectivity index (χ1n) is 9.60. The Labute approximate surface area is 161 Å². The minimum absolute atomic E-state index is 0.0864. The summed E-state index contributed by atoms with van der Waals surface area (Å²) in [5.74, 6) is -0.193. The highest BCUT2D eigenvalue weighted by molar-refractivity contribution is 5.96. The summed E-state index contributed by atoms with van der Waals surface area (Å²) in [6, 6.07) is 17.2. The Morgan fingerprint density at radius 2 is 1.67 bits per heavy atom. The molecule has 0 heterocycles. The van der Waals surface area contributed by atoms with Gasteiger partial charge in [0.1, 0.15) is 0 Å². The Hall–Kier alpha value is -2.66. The molecule has 0 saturated carbocycles. The quantitative estimate of drug-likeness (QED) is 0.558. The fraction of sp³-hybridized carbons (Fsp3) is 0.364. The smallest absolute Gasteiger partial charge is 0.251 e. The van der Waals surface area contributed by atoms with E-state index in [0.717, 1.165) is 19.3 Å². The molecule has 5 heteroatoms. The summed E-state index contributed by atoms with van der Waals surface area (Å²) in [5.41, 5.74) is 2.45. The number of amides is 2. The van der Waals surface area contributed by atoms with Crippen LogP contribution in [0.2, 0.25) is 0 Å². The summed E-state index contributed by atoms with van der Waals surface area (Å²) < 4.78 is 0. The second-order valence-corrected chi connectivity index (χ2v) is 6.49. The molecular formula is C22H29N3O2. The predicted molar refractivity (Wildman–Crippen MR) is 110 cm³/mol. The molecule has 5 nitrogen and oxygen atoms in total. The molecule has 0 radical (unpaired) electrons. The van der Waals surface area contributed by atoms with Crippen molar-refractivity contribution in [2.75, 3.05) is 18.4 Å². The minimum atomic E-state index is -0.107. The fourth-order valence-electron chi connectivity index (χ4n) is 2.79. The molecule has 0 fully saturated rings. The van der Waals surface area contributed by atoms with Crippen LogP contribution in [-0.2, 0) is 4.79 Å². The maximum absolute atomic E-state index is 12.2. The molecule has 1 unspecified atom stereocenters. The number of hydrogen-bond acceptors (Lipinski definition) is 3. The molecule has 27 heavy (non-hydrogen) atoms. The molecule has 2 aromatic carbocycles. The molecule has 2 aromatic rings. The van der Waals surface area contributed by atoms with E-state index >= 15 is 0 Å². The van der Waals surface area contributed by atoms with E-state index in [1.165, 1.54) is 5.56 Å². The van der Waals surface area contributed by atoms with E-state index < -0.39 is 0 Å². The van der Waals surface area contributed by atoms with E-state index in [0.29, 0.717) is 17.8 Å². The van der Waals surface area contributed by atoms with Gasteiger partial charge in [-0.3, -0.25) is 9.59 Å². The third kappa shape index (κ3) is 6.87. The third-order valence-corrected chi connectivity index (χ3v) is 4.37. The van der Waals surface area contributed by atoms with Gasteiger partial charge >= 0.3 is 0 Å². The molecular weight excluding hydrogens is 338 g/mol. The minimum Gasteiger partial charge on any atom is -0.352 e. The lowest BCUT2D eigenvalue weighted by atomic mass is 10.0. The van der Waals surface area contributed by atoms with Gasteiger partial charge in [-0.1, -0.05) is 50.6 Å². The number of nitrogens with one attached hydrogen (secondary N) is 3. The van der Waals surface area contributed by atoms with Crippen molar-refractivity contribution in [3.05, 3.63) is 65.7 Å². The van der Waals surface area contributed by atoms with Crippen molar-refractivity contribution in [1.82, 2.24) is 10.6 Å². The highest BCUT2D eigenvalue weighted by atomic mass is 16.2. The highest BCUT2D eigenvalue weighted by Crippen LogP contribution is 2.15. The monoisotopic (exact) mass is 367 g/mol. The number of carbonyl (C=O) groups is 2. The Morgan fingerprint density at radius 1 is 0.963 bits per heavy atom. The van der Waals surface area contributed by atoms with E-state index in [2.05, 4.69) is 41.9 Å². The number of anilines is 1. The highest BCUT2D eigenvalue weighted by Gasteiger charge is 2.11. The Morgan fingerprint density at radius 3 is 2.30 bits per heavy atom. The molecule has 144 valence electrons. The molecule has 0 aromatic heterocycles. The Bertz CT molecular complexity index is 714. The van der Waals surface area contributed by atoms with Crippen LogP contribution in [0.15, 0.2) is 54.6 Å². The zero-order valence-electron chi connectivity index (χ0n) is 16.1. The van der Waals surface area contributed by atoms with Gasteiger partial charge < -0.3 is 16.0 Å². The summed E-state index contributed by atoms with van der Waals surface area (Å²) in [6.45, 7) is 5.08. The molecule has 0 aliphatic heterocycles. The van der Waals surface area contributed by atoms with Crippen LogP contribution in [0.3, 0.4) is 0 Å². The maximum Gasteiger partial charge on any atom is 0.251 e. The van der Waals surface area contributed by atoms with E-state index in [-0.39, 0.29) is 24.4 Å². The molecule has 0 spiro atoms. The average molecular weight is 367 g/mol. The van der Waals surface area contributed by atoms with Gasteiger partial charge in [0.2, 0.25) is 5.91 Å². The third-order valence-electron chi connectivity index (χ3n) is 4.37. The van der Waals surface area contributed by atoms with Crippen LogP contribution in [-0.4, -0.2) is 24.9 Å².